The topological polar surface area (TPSA) is 62.0 Å². The van der Waals surface area contributed by atoms with Crippen LogP contribution in [0, 0.1) is 0 Å². The zero-order valence-electron chi connectivity index (χ0n) is 6.86. The number of phenols is 1. The summed E-state index contributed by atoms with van der Waals surface area (Å²) in [5.41, 5.74) is 0.383. The molecule has 0 spiro atoms. The number of oxime groups is 1. The van der Waals surface area contributed by atoms with E-state index in [-0.39, 0.29) is 5.75 Å². The summed E-state index contributed by atoms with van der Waals surface area (Å²) in [4.78, 5) is 0. The summed E-state index contributed by atoms with van der Waals surface area (Å²) in [6, 6.07) is 3.22. The van der Waals surface area contributed by atoms with Gasteiger partial charge in [-0.05, 0) is 12.1 Å². The lowest BCUT2D eigenvalue weighted by atomic mass is 10.2. The molecule has 0 aliphatic carbocycles. The van der Waals surface area contributed by atoms with Crippen LogP contribution >= 0.6 is 15.9 Å². The lowest BCUT2D eigenvalue weighted by Gasteiger charge is -2.05. The second-order valence-electron chi connectivity index (χ2n) is 2.29. The summed E-state index contributed by atoms with van der Waals surface area (Å²) < 4.78 is 5.62. The Morgan fingerprint density at radius 3 is 2.77 bits per heavy atom. The second kappa shape index (κ2) is 4.13. The third kappa shape index (κ3) is 2.12. The lowest BCUT2D eigenvalue weighted by Crippen LogP contribution is -1.89. The Bertz CT molecular complexity index is 338. The molecule has 0 heterocycles. The molecule has 0 amide bonds. The Balaban J connectivity index is 3.26. The first kappa shape index (κ1) is 9.85. The van der Waals surface area contributed by atoms with Crippen molar-refractivity contribution in [1.29, 1.82) is 0 Å². The van der Waals surface area contributed by atoms with E-state index in [0.29, 0.717) is 11.3 Å². The summed E-state index contributed by atoms with van der Waals surface area (Å²) >= 11 is 3.22. The highest BCUT2D eigenvalue weighted by atomic mass is 79.9. The predicted molar refractivity (Wildman–Crippen MR) is 51.7 cm³/mol. The normalized spacial score (nSPS) is 10.6. The Hall–Kier alpha value is -1.23. The van der Waals surface area contributed by atoms with Crippen molar-refractivity contribution in [2.45, 2.75) is 0 Å². The monoisotopic (exact) mass is 245 g/mol. The molecule has 0 aliphatic heterocycles. The maximum absolute atomic E-state index is 9.50. The molecule has 4 nitrogen and oxygen atoms in total. The first-order valence-electron chi connectivity index (χ1n) is 3.43. The van der Waals surface area contributed by atoms with Crippen LogP contribution in [0.15, 0.2) is 21.8 Å². The maximum atomic E-state index is 9.50. The predicted octanol–water partition coefficient (Wildman–Crippen LogP) is 1.97. The highest BCUT2D eigenvalue weighted by Crippen LogP contribution is 2.32. The number of ether oxygens (including phenoxy) is 1. The van der Waals surface area contributed by atoms with Crippen molar-refractivity contribution in [3.63, 3.8) is 0 Å². The Labute approximate surface area is 83.6 Å². The summed E-state index contributed by atoms with van der Waals surface area (Å²) in [6.07, 6.45) is 1.13. The highest BCUT2D eigenvalue weighted by molar-refractivity contribution is 9.10. The first-order valence-corrected chi connectivity index (χ1v) is 4.22. The zero-order valence-corrected chi connectivity index (χ0v) is 8.45. The van der Waals surface area contributed by atoms with Gasteiger partial charge in [-0.25, -0.2) is 0 Å². The maximum Gasteiger partial charge on any atom is 0.166 e. The van der Waals surface area contributed by atoms with Gasteiger partial charge >= 0.3 is 0 Å². The molecule has 0 aliphatic rings. The van der Waals surface area contributed by atoms with Crippen LogP contribution in [0.25, 0.3) is 0 Å². The Kier molecular flexibility index (Phi) is 3.13. The van der Waals surface area contributed by atoms with Gasteiger partial charge in [0.1, 0.15) is 0 Å². The zero-order chi connectivity index (χ0) is 9.84. The molecular weight excluding hydrogens is 238 g/mol. The van der Waals surface area contributed by atoms with E-state index >= 15 is 0 Å². The van der Waals surface area contributed by atoms with E-state index in [0.717, 1.165) is 10.7 Å². The molecule has 1 rings (SSSR count). The van der Waals surface area contributed by atoms with Crippen molar-refractivity contribution in [3.05, 3.63) is 22.2 Å². The van der Waals surface area contributed by atoms with Crippen LogP contribution in [-0.2, 0) is 0 Å². The smallest absolute Gasteiger partial charge is 0.166 e. The van der Waals surface area contributed by atoms with E-state index in [2.05, 4.69) is 21.1 Å². The molecule has 0 aromatic heterocycles. The number of methoxy groups -OCH3 is 1. The molecule has 1 aromatic rings. The van der Waals surface area contributed by atoms with Crippen LogP contribution in [0.2, 0.25) is 0 Å². The number of halogens is 1. The van der Waals surface area contributed by atoms with Crippen LogP contribution in [0.3, 0.4) is 0 Å². The van der Waals surface area contributed by atoms with Gasteiger partial charge in [0, 0.05) is 10.0 Å². The fraction of sp³-hybridized carbons (Fsp3) is 0.125. The first-order chi connectivity index (χ1) is 6.19. The quantitative estimate of drug-likeness (QED) is 0.476. The number of phenolic OH excluding ortho intramolecular Hbond substituents is 1. The van der Waals surface area contributed by atoms with E-state index in [1.807, 2.05) is 0 Å². The largest absolute Gasteiger partial charge is 0.504 e. The van der Waals surface area contributed by atoms with Gasteiger partial charge in [0.2, 0.25) is 0 Å². The Morgan fingerprint density at radius 1 is 1.54 bits per heavy atom. The molecule has 0 saturated heterocycles. The molecule has 1 aromatic carbocycles. The van der Waals surface area contributed by atoms with Gasteiger partial charge in [-0.15, -0.1) is 0 Å². The number of nitrogens with zero attached hydrogens (tertiary/aromatic N) is 1. The molecule has 0 bridgehead atoms. The average molecular weight is 246 g/mol. The molecule has 0 unspecified atom stereocenters. The molecule has 0 atom stereocenters. The van der Waals surface area contributed by atoms with E-state index in [1.54, 1.807) is 12.1 Å². The molecule has 0 radical (unpaired) electrons. The fourth-order valence-electron chi connectivity index (χ4n) is 0.911. The summed E-state index contributed by atoms with van der Waals surface area (Å²) in [5, 5.41) is 20.6. The molecule has 13 heavy (non-hydrogen) atoms. The van der Waals surface area contributed by atoms with Crippen molar-refractivity contribution < 1.29 is 15.1 Å². The average Bonchev–Trinajstić information content (AvgIpc) is 2.11. The molecular formula is C8H8BrNO3. The Morgan fingerprint density at radius 2 is 2.23 bits per heavy atom. The van der Waals surface area contributed by atoms with E-state index < -0.39 is 0 Å². The number of rotatable bonds is 2. The van der Waals surface area contributed by atoms with Crippen molar-refractivity contribution >= 4 is 22.1 Å². The minimum absolute atomic E-state index is 0.0523. The number of hydrogen-bond donors (Lipinski definition) is 2. The van der Waals surface area contributed by atoms with Crippen molar-refractivity contribution in [1.82, 2.24) is 0 Å². The van der Waals surface area contributed by atoms with Gasteiger partial charge in [-0.1, -0.05) is 21.1 Å². The van der Waals surface area contributed by atoms with Gasteiger partial charge < -0.3 is 15.1 Å². The van der Waals surface area contributed by atoms with Crippen LogP contribution in [0.5, 0.6) is 11.5 Å². The van der Waals surface area contributed by atoms with Crippen molar-refractivity contribution in [2.75, 3.05) is 7.11 Å². The van der Waals surface area contributed by atoms with E-state index in [4.69, 9.17) is 9.94 Å². The van der Waals surface area contributed by atoms with Gasteiger partial charge in [-0.3, -0.25) is 0 Å². The molecule has 5 heteroatoms. The highest BCUT2D eigenvalue weighted by Gasteiger charge is 2.07. The summed E-state index contributed by atoms with van der Waals surface area (Å²) in [5.74, 6) is 0.271. The standard InChI is InChI=1S/C8H8BrNO3/c1-13-7-3-6(9)2-5(4-10-12)8(7)11/h2-4,11-12H,1H3. The van der Waals surface area contributed by atoms with Crippen LogP contribution in [0.4, 0.5) is 0 Å². The third-order valence-corrected chi connectivity index (χ3v) is 1.94. The number of hydrogen-bond acceptors (Lipinski definition) is 4. The van der Waals surface area contributed by atoms with Crippen molar-refractivity contribution in [3.8, 4) is 11.5 Å². The molecule has 70 valence electrons. The molecule has 0 fully saturated rings. The van der Waals surface area contributed by atoms with Crippen LogP contribution in [-0.4, -0.2) is 23.6 Å². The van der Waals surface area contributed by atoms with E-state index in [9.17, 15) is 5.11 Å². The summed E-state index contributed by atoms with van der Waals surface area (Å²) in [7, 11) is 1.45. The van der Waals surface area contributed by atoms with Gasteiger partial charge in [-0.2, -0.15) is 0 Å². The number of aromatic hydroxyl groups is 1. The second-order valence-corrected chi connectivity index (χ2v) is 3.21. The van der Waals surface area contributed by atoms with Crippen molar-refractivity contribution in [2.24, 2.45) is 5.16 Å². The van der Waals surface area contributed by atoms with Gasteiger partial charge in [0.25, 0.3) is 0 Å². The summed E-state index contributed by atoms with van der Waals surface area (Å²) in [6.45, 7) is 0. The lowest BCUT2D eigenvalue weighted by molar-refractivity contribution is 0.321. The third-order valence-electron chi connectivity index (χ3n) is 1.49. The van der Waals surface area contributed by atoms with Gasteiger partial charge in [0.05, 0.1) is 13.3 Å². The van der Waals surface area contributed by atoms with Gasteiger partial charge in [0.15, 0.2) is 11.5 Å². The fourth-order valence-corrected chi connectivity index (χ4v) is 1.37. The minimum Gasteiger partial charge on any atom is -0.504 e. The molecule has 2 N–H and O–H groups in total. The van der Waals surface area contributed by atoms with E-state index in [1.165, 1.54) is 7.11 Å². The van der Waals surface area contributed by atoms with Crippen LogP contribution < -0.4 is 4.74 Å². The SMILES string of the molecule is COc1cc(Br)cc(C=NO)c1O. The molecule has 0 saturated carbocycles. The van der Waals surface area contributed by atoms with Crippen LogP contribution in [0.1, 0.15) is 5.56 Å². The minimum atomic E-state index is -0.0523. The number of benzene rings is 1.